The molecule has 0 atom stereocenters. The number of hydrogen-bond donors (Lipinski definition) is 0. The molecule has 0 aliphatic carbocycles. The predicted octanol–water partition coefficient (Wildman–Crippen LogP) is 1.96. The van der Waals surface area contributed by atoms with Crippen LogP contribution >= 0.6 is 0 Å². The maximum absolute atomic E-state index is 11.3. The van der Waals surface area contributed by atoms with Gasteiger partial charge in [-0.05, 0) is 20.3 Å². The monoisotopic (exact) mass is 241 g/mol. The molecule has 0 N–H and O–H groups in total. The number of rotatable bonds is 7. The molecule has 96 valence electrons. The van der Waals surface area contributed by atoms with E-state index in [0.29, 0.717) is 6.61 Å². The van der Waals surface area contributed by atoms with E-state index in [0.717, 1.165) is 12.8 Å². The van der Waals surface area contributed by atoms with E-state index in [1.54, 1.807) is 0 Å². The zero-order valence-electron chi connectivity index (χ0n) is 10.6. The van der Waals surface area contributed by atoms with Gasteiger partial charge in [-0.25, -0.2) is 0 Å². The first-order valence-corrected chi connectivity index (χ1v) is 5.70. The lowest BCUT2D eigenvalue weighted by Gasteiger charge is -2.16. The van der Waals surface area contributed by atoms with Gasteiger partial charge in [-0.3, -0.25) is 9.59 Å². The largest absolute Gasteiger partial charge is 0.466 e. The number of esters is 2. The SMILES string of the molecule is CCCCOC(=O)CCC(=O)OC(C)(C)C#N. The van der Waals surface area contributed by atoms with E-state index in [1.165, 1.54) is 13.8 Å². The molecule has 0 saturated heterocycles. The van der Waals surface area contributed by atoms with Crippen molar-refractivity contribution in [2.24, 2.45) is 0 Å². The van der Waals surface area contributed by atoms with Crippen molar-refractivity contribution in [1.29, 1.82) is 5.26 Å². The Morgan fingerprint density at radius 2 is 1.82 bits per heavy atom. The number of carbonyl (C=O) groups is 2. The Morgan fingerprint density at radius 3 is 2.35 bits per heavy atom. The normalized spacial score (nSPS) is 10.5. The van der Waals surface area contributed by atoms with Crippen LogP contribution in [0.3, 0.4) is 0 Å². The van der Waals surface area contributed by atoms with Crippen LogP contribution in [-0.2, 0) is 19.1 Å². The number of ether oxygens (including phenoxy) is 2. The predicted molar refractivity (Wildman–Crippen MR) is 60.9 cm³/mol. The third kappa shape index (κ3) is 8.26. The fraction of sp³-hybridized carbons (Fsp3) is 0.750. The average Bonchev–Trinajstić information content (AvgIpc) is 2.26. The van der Waals surface area contributed by atoms with E-state index >= 15 is 0 Å². The fourth-order valence-electron chi connectivity index (χ4n) is 0.965. The Bertz CT molecular complexity index is 304. The van der Waals surface area contributed by atoms with Gasteiger partial charge in [0.05, 0.1) is 19.4 Å². The van der Waals surface area contributed by atoms with Crippen LogP contribution in [0.25, 0.3) is 0 Å². The van der Waals surface area contributed by atoms with Crippen molar-refractivity contribution in [1.82, 2.24) is 0 Å². The molecule has 0 rings (SSSR count). The molecule has 0 aliphatic heterocycles. The van der Waals surface area contributed by atoms with Gasteiger partial charge in [0.25, 0.3) is 0 Å². The highest BCUT2D eigenvalue weighted by molar-refractivity contribution is 5.77. The third-order valence-electron chi connectivity index (χ3n) is 1.93. The lowest BCUT2D eigenvalue weighted by molar-refractivity contribution is -0.155. The summed E-state index contributed by atoms with van der Waals surface area (Å²) in [5.41, 5.74) is -1.15. The van der Waals surface area contributed by atoms with Crippen molar-refractivity contribution < 1.29 is 19.1 Å². The lowest BCUT2D eigenvalue weighted by atomic mass is 10.2. The van der Waals surface area contributed by atoms with Crippen LogP contribution in [0.1, 0.15) is 46.5 Å². The van der Waals surface area contributed by atoms with Gasteiger partial charge in [-0.1, -0.05) is 13.3 Å². The van der Waals surface area contributed by atoms with Crippen LogP contribution < -0.4 is 0 Å². The van der Waals surface area contributed by atoms with E-state index in [1.807, 2.05) is 13.0 Å². The third-order valence-corrected chi connectivity index (χ3v) is 1.93. The number of carbonyl (C=O) groups excluding carboxylic acids is 2. The van der Waals surface area contributed by atoms with Gasteiger partial charge >= 0.3 is 11.9 Å². The summed E-state index contributed by atoms with van der Waals surface area (Å²) < 4.78 is 9.73. The molecule has 0 bridgehead atoms. The molecule has 0 spiro atoms. The van der Waals surface area contributed by atoms with Crippen molar-refractivity contribution in [3.8, 4) is 6.07 Å². The Balaban J connectivity index is 3.78. The van der Waals surface area contributed by atoms with Gasteiger partial charge in [-0.15, -0.1) is 0 Å². The number of nitriles is 1. The molecule has 0 fully saturated rings. The summed E-state index contributed by atoms with van der Waals surface area (Å²) in [6, 6.07) is 1.84. The minimum atomic E-state index is -1.15. The molecule has 0 aromatic heterocycles. The molecule has 17 heavy (non-hydrogen) atoms. The van der Waals surface area contributed by atoms with Gasteiger partial charge in [0, 0.05) is 0 Å². The molecule has 0 amide bonds. The van der Waals surface area contributed by atoms with E-state index in [-0.39, 0.29) is 12.8 Å². The van der Waals surface area contributed by atoms with Crippen molar-refractivity contribution in [3.05, 3.63) is 0 Å². The molecule has 5 heteroatoms. The summed E-state index contributed by atoms with van der Waals surface area (Å²) in [6.45, 7) is 5.36. The Hall–Kier alpha value is -1.57. The van der Waals surface area contributed by atoms with Crippen molar-refractivity contribution in [2.45, 2.75) is 52.1 Å². The minimum absolute atomic E-state index is 0.00986. The molecule has 0 aliphatic rings. The first-order valence-electron chi connectivity index (χ1n) is 5.70. The Morgan fingerprint density at radius 1 is 1.24 bits per heavy atom. The molecule has 5 nitrogen and oxygen atoms in total. The Labute approximate surface area is 102 Å². The maximum atomic E-state index is 11.3. The summed E-state index contributed by atoms with van der Waals surface area (Å²) >= 11 is 0. The van der Waals surface area contributed by atoms with Gasteiger partial charge < -0.3 is 9.47 Å². The summed E-state index contributed by atoms with van der Waals surface area (Å²) in [7, 11) is 0. The zero-order valence-corrected chi connectivity index (χ0v) is 10.6. The molecule has 0 aromatic rings. The van der Waals surface area contributed by atoms with Gasteiger partial charge in [0.2, 0.25) is 0 Å². The van der Waals surface area contributed by atoms with E-state index in [4.69, 9.17) is 14.7 Å². The second kappa shape index (κ2) is 7.66. The summed E-state index contributed by atoms with van der Waals surface area (Å²) in [5, 5.41) is 8.64. The minimum Gasteiger partial charge on any atom is -0.466 e. The van der Waals surface area contributed by atoms with Gasteiger partial charge in [0.1, 0.15) is 6.07 Å². The zero-order chi connectivity index (χ0) is 13.3. The molecule has 0 radical (unpaired) electrons. The van der Waals surface area contributed by atoms with Crippen LogP contribution in [0.2, 0.25) is 0 Å². The standard InChI is InChI=1S/C12H19NO4/c1-4-5-8-16-10(14)6-7-11(15)17-12(2,3)9-13/h4-8H2,1-3H3. The van der Waals surface area contributed by atoms with Gasteiger partial charge in [-0.2, -0.15) is 5.26 Å². The highest BCUT2D eigenvalue weighted by Crippen LogP contribution is 2.09. The topological polar surface area (TPSA) is 76.4 Å². The van der Waals surface area contributed by atoms with Crippen molar-refractivity contribution in [2.75, 3.05) is 6.61 Å². The van der Waals surface area contributed by atoms with Gasteiger partial charge in [0.15, 0.2) is 5.60 Å². The molecule has 0 saturated carbocycles. The van der Waals surface area contributed by atoms with Crippen molar-refractivity contribution >= 4 is 11.9 Å². The lowest BCUT2D eigenvalue weighted by Crippen LogP contribution is -2.26. The molecule has 0 heterocycles. The first-order chi connectivity index (χ1) is 7.91. The quantitative estimate of drug-likeness (QED) is 0.503. The van der Waals surface area contributed by atoms with Crippen LogP contribution in [0.5, 0.6) is 0 Å². The Kier molecular flexibility index (Phi) is 6.95. The second-order valence-corrected chi connectivity index (χ2v) is 4.17. The van der Waals surface area contributed by atoms with E-state index in [2.05, 4.69) is 0 Å². The summed E-state index contributed by atoms with van der Waals surface area (Å²) in [6.07, 6.45) is 1.70. The van der Waals surface area contributed by atoms with E-state index < -0.39 is 17.5 Å². The fourth-order valence-corrected chi connectivity index (χ4v) is 0.965. The summed E-state index contributed by atoms with van der Waals surface area (Å²) in [4.78, 5) is 22.4. The molecule has 0 aromatic carbocycles. The maximum Gasteiger partial charge on any atom is 0.307 e. The first kappa shape index (κ1) is 15.4. The molecular weight excluding hydrogens is 222 g/mol. The molecular formula is C12H19NO4. The smallest absolute Gasteiger partial charge is 0.307 e. The van der Waals surface area contributed by atoms with Crippen LogP contribution in [0.4, 0.5) is 0 Å². The van der Waals surface area contributed by atoms with Crippen LogP contribution in [-0.4, -0.2) is 24.1 Å². The van der Waals surface area contributed by atoms with E-state index in [9.17, 15) is 9.59 Å². The highest BCUT2D eigenvalue weighted by Gasteiger charge is 2.22. The van der Waals surface area contributed by atoms with Crippen molar-refractivity contribution in [3.63, 3.8) is 0 Å². The average molecular weight is 241 g/mol. The second-order valence-electron chi connectivity index (χ2n) is 4.17. The number of unbranched alkanes of at least 4 members (excludes halogenated alkanes) is 1. The van der Waals surface area contributed by atoms with Crippen LogP contribution in [0, 0.1) is 11.3 Å². The van der Waals surface area contributed by atoms with Crippen LogP contribution in [0.15, 0.2) is 0 Å². The number of nitrogens with zero attached hydrogens (tertiary/aromatic N) is 1. The summed E-state index contributed by atoms with van der Waals surface area (Å²) in [5.74, 6) is -0.978. The highest BCUT2D eigenvalue weighted by atomic mass is 16.6. The number of hydrogen-bond acceptors (Lipinski definition) is 5. The molecule has 0 unspecified atom stereocenters.